The summed E-state index contributed by atoms with van der Waals surface area (Å²) in [6.45, 7) is 3.69. The molecule has 1 aromatic rings. The van der Waals surface area contributed by atoms with E-state index in [1.807, 2.05) is 13.8 Å². The van der Waals surface area contributed by atoms with Gasteiger partial charge in [0.15, 0.2) is 5.76 Å². The fraction of sp³-hybridized carbons (Fsp3) is 0.588. The summed E-state index contributed by atoms with van der Waals surface area (Å²) in [7, 11) is 0. The molecule has 1 aliphatic rings. The number of amides is 3. The highest BCUT2D eigenvalue weighted by Crippen LogP contribution is 2.24. The Labute approximate surface area is 141 Å². The van der Waals surface area contributed by atoms with Gasteiger partial charge in [0.05, 0.1) is 6.26 Å². The highest BCUT2D eigenvalue weighted by atomic mass is 16.3. The Morgan fingerprint density at radius 2 is 1.83 bits per heavy atom. The molecule has 1 heterocycles. The zero-order valence-corrected chi connectivity index (χ0v) is 14.1. The number of carbonyl (C=O) groups is 3. The van der Waals surface area contributed by atoms with E-state index in [-0.39, 0.29) is 23.5 Å². The van der Waals surface area contributed by atoms with Crippen LogP contribution in [0.4, 0.5) is 0 Å². The number of furan rings is 1. The summed E-state index contributed by atoms with van der Waals surface area (Å²) in [5.41, 5.74) is 4.64. The van der Waals surface area contributed by atoms with Crippen molar-refractivity contribution in [1.29, 1.82) is 0 Å². The van der Waals surface area contributed by atoms with Crippen molar-refractivity contribution in [3.05, 3.63) is 24.2 Å². The molecule has 0 bridgehead atoms. The van der Waals surface area contributed by atoms with Crippen LogP contribution in [0, 0.1) is 11.8 Å². The van der Waals surface area contributed by atoms with Crippen molar-refractivity contribution >= 4 is 17.7 Å². The van der Waals surface area contributed by atoms with Crippen LogP contribution in [0.3, 0.4) is 0 Å². The molecule has 7 nitrogen and oxygen atoms in total. The summed E-state index contributed by atoms with van der Waals surface area (Å²) < 4.78 is 4.95. The second kappa shape index (κ2) is 8.52. The van der Waals surface area contributed by atoms with Crippen molar-refractivity contribution in [3.8, 4) is 0 Å². The lowest BCUT2D eigenvalue weighted by molar-refractivity contribution is -0.133. The second-order valence-electron chi connectivity index (χ2n) is 6.49. The van der Waals surface area contributed by atoms with Crippen LogP contribution >= 0.6 is 0 Å². The maximum Gasteiger partial charge on any atom is 0.305 e. The summed E-state index contributed by atoms with van der Waals surface area (Å²) in [6.07, 6.45) is 6.38. The monoisotopic (exact) mass is 335 g/mol. The molecule has 1 saturated carbocycles. The maximum absolute atomic E-state index is 12.3. The largest absolute Gasteiger partial charge is 0.459 e. The van der Waals surface area contributed by atoms with Crippen molar-refractivity contribution in [3.63, 3.8) is 0 Å². The molecule has 0 saturated heterocycles. The van der Waals surface area contributed by atoms with Gasteiger partial charge in [-0.05, 0) is 30.9 Å². The predicted molar refractivity (Wildman–Crippen MR) is 87.7 cm³/mol. The first-order valence-electron chi connectivity index (χ1n) is 8.43. The number of carbonyl (C=O) groups excluding carboxylic acids is 3. The molecule has 2 rings (SSSR count). The number of hydrogen-bond acceptors (Lipinski definition) is 4. The van der Waals surface area contributed by atoms with Crippen molar-refractivity contribution in [1.82, 2.24) is 16.2 Å². The average molecular weight is 335 g/mol. The molecular formula is C17H25N3O4. The molecule has 7 heteroatoms. The van der Waals surface area contributed by atoms with Crippen LogP contribution in [0.15, 0.2) is 22.8 Å². The van der Waals surface area contributed by atoms with Crippen LogP contribution in [0.25, 0.3) is 0 Å². The number of rotatable bonds is 5. The summed E-state index contributed by atoms with van der Waals surface area (Å²) in [5.74, 6) is -1.10. The van der Waals surface area contributed by atoms with E-state index in [0.29, 0.717) is 0 Å². The maximum atomic E-state index is 12.3. The van der Waals surface area contributed by atoms with Crippen LogP contribution in [0.2, 0.25) is 0 Å². The molecule has 1 aliphatic carbocycles. The predicted octanol–water partition coefficient (Wildman–Crippen LogP) is 1.76. The summed E-state index contributed by atoms with van der Waals surface area (Å²) in [5, 5.41) is 2.82. The zero-order chi connectivity index (χ0) is 17.5. The first-order valence-corrected chi connectivity index (χ1v) is 8.43. The van der Waals surface area contributed by atoms with Gasteiger partial charge in [-0.25, -0.2) is 0 Å². The molecule has 0 spiro atoms. The Balaban J connectivity index is 1.87. The van der Waals surface area contributed by atoms with Gasteiger partial charge in [0.2, 0.25) is 5.91 Å². The third-order valence-corrected chi connectivity index (χ3v) is 4.27. The molecule has 3 amide bonds. The number of hydrogen-bond donors (Lipinski definition) is 3. The van der Waals surface area contributed by atoms with Gasteiger partial charge in [0.25, 0.3) is 5.91 Å². The number of nitrogens with one attached hydrogen (secondary N) is 3. The first kappa shape index (κ1) is 18.0. The van der Waals surface area contributed by atoms with Crippen LogP contribution in [-0.4, -0.2) is 23.8 Å². The molecule has 0 unspecified atom stereocenters. The smallest absolute Gasteiger partial charge is 0.305 e. The molecule has 0 aliphatic heterocycles. The standard InChI is InChI=1S/C17H25N3O4/c1-11(2)14(18-15(21)12-7-4-3-5-8-12)17(23)20-19-16(22)13-9-6-10-24-13/h6,9-12,14H,3-5,7-8H2,1-2H3,(H,18,21)(H,19,22)(H,20,23)/t14-/m1/s1. The lowest BCUT2D eigenvalue weighted by Crippen LogP contribution is -2.55. The highest BCUT2D eigenvalue weighted by molar-refractivity contribution is 5.94. The van der Waals surface area contributed by atoms with Crippen LogP contribution in [0.1, 0.15) is 56.5 Å². The third-order valence-electron chi connectivity index (χ3n) is 4.27. The van der Waals surface area contributed by atoms with Crippen molar-refractivity contribution in [2.75, 3.05) is 0 Å². The minimum absolute atomic E-state index is 0.0227. The Morgan fingerprint density at radius 3 is 2.42 bits per heavy atom. The number of hydrazine groups is 1. The van der Waals surface area contributed by atoms with E-state index in [2.05, 4.69) is 16.2 Å². The van der Waals surface area contributed by atoms with Crippen LogP contribution < -0.4 is 16.2 Å². The minimum atomic E-state index is -0.698. The summed E-state index contributed by atoms with van der Waals surface area (Å²) >= 11 is 0. The Morgan fingerprint density at radius 1 is 1.12 bits per heavy atom. The molecule has 1 atom stereocenters. The van der Waals surface area contributed by atoms with Gasteiger partial charge >= 0.3 is 5.91 Å². The molecule has 0 radical (unpaired) electrons. The molecule has 1 aromatic heterocycles. The van der Waals surface area contributed by atoms with Gasteiger partial charge in [-0.3, -0.25) is 25.2 Å². The van der Waals surface area contributed by atoms with E-state index in [4.69, 9.17) is 4.42 Å². The van der Waals surface area contributed by atoms with Crippen molar-refractivity contribution < 1.29 is 18.8 Å². The Bertz CT molecular complexity index is 562. The van der Waals surface area contributed by atoms with E-state index in [9.17, 15) is 14.4 Å². The molecule has 1 fully saturated rings. The average Bonchev–Trinajstić information content (AvgIpc) is 3.12. The fourth-order valence-electron chi connectivity index (χ4n) is 2.84. The van der Waals surface area contributed by atoms with Gasteiger partial charge < -0.3 is 9.73 Å². The SMILES string of the molecule is CC(C)[C@@H](NC(=O)C1CCCCC1)C(=O)NNC(=O)c1ccco1. The van der Waals surface area contributed by atoms with Gasteiger partial charge in [0.1, 0.15) is 6.04 Å². The Hall–Kier alpha value is -2.31. The molecule has 3 N–H and O–H groups in total. The van der Waals surface area contributed by atoms with E-state index in [1.165, 1.54) is 12.3 Å². The molecule has 0 aromatic carbocycles. The van der Waals surface area contributed by atoms with Gasteiger partial charge in [-0.1, -0.05) is 33.1 Å². The normalized spacial score (nSPS) is 16.5. The minimum Gasteiger partial charge on any atom is -0.459 e. The van der Waals surface area contributed by atoms with Gasteiger partial charge in [0, 0.05) is 5.92 Å². The van der Waals surface area contributed by atoms with Crippen molar-refractivity contribution in [2.45, 2.75) is 52.0 Å². The van der Waals surface area contributed by atoms with E-state index in [0.717, 1.165) is 32.1 Å². The summed E-state index contributed by atoms with van der Waals surface area (Å²) in [6, 6.07) is 2.38. The lowest BCUT2D eigenvalue weighted by Gasteiger charge is -2.26. The second-order valence-corrected chi connectivity index (χ2v) is 6.49. The Kier molecular flexibility index (Phi) is 6.40. The quantitative estimate of drug-likeness (QED) is 0.714. The van der Waals surface area contributed by atoms with Gasteiger partial charge in [-0.2, -0.15) is 0 Å². The summed E-state index contributed by atoms with van der Waals surface area (Å²) in [4.78, 5) is 36.4. The van der Waals surface area contributed by atoms with E-state index < -0.39 is 17.9 Å². The zero-order valence-electron chi connectivity index (χ0n) is 14.1. The molecule has 132 valence electrons. The van der Waals surface area contributed by atoms with Crippen LogP contribution in [-0.2, 0) is 9.59 Å². The van der Waals surface area contributed by atoms with E-state index >= 15 is 0 Å². The molecular weight excluding hydrogens is 310 g/mol. The third kappa shape index (κ3) is 4.84. The van der Waals surface area contributed by atoms with Crippen LogP contribution in [0.5, 0.6) is 0 Å². The molecule has 24 heavy (non-hydrogen) atoms. The fourth-order valence-corrected chi connectivity index (χ4v) is 2.84. The highest BCUT2D eigenvalue weighted by Gasteiger charge is 2.28. The first-order chi connectivity index (χ1) is 11.5. The topological polar surface area (TPSA) is 100 Å². The van der Waals surface area contributed by atoms with E-state index in [1.54, 1.807) is 6.07 Å². The van der Waals surface area contributed by atoms with Crippen molar-refractivity contribution in [2.24, 2.45) is 11.8 Å². The lowest BCUT2D eigenvalue weighted by atomic mass is 9.88. The van der Waals surface area contributed by atoms with Gasteiger partial charge in [-0.15, -0.1) is 0 Å².